The van der Waals surface area contributed by atoms with Crippen LogP contribution in [0.1, 0.15) is 36.8 Å². The standard InChI is InChI=1S/C21H26O7/c22-17-11-21(27)10-15-13(5-4-7-18(15)28-12-20(25)26)9-16(21)14(17)6-2-1-3-8-19(23)24/h1,3-5,7,14,16-17,22,27H,2,6,8-12H2,(H,23,24)(H,25,26)/b3-1+/t14-,16-,17-,21-/m1/s1. The molecule has 4 atom stereocenters. The molecule has 0 aromatic heterocycles. The average Bonchev–Trinajstić information content (AvgIpc) is 2.86. The maximum atomic E-state index is 11.2. The summed E-state index contributed by atoms with van der Waals surface area (Å²) < 4.78 is 5.39. The summed E-state index contributed by atoms with van der Waals surface area (Å²) in [6, 6.07) is 5.48. The van der Waals surface area contributed by atoms with Crippen LogP contribution in [0.5, 0.6) is 5.75 Å². The van der Waals surface area contributed by atoms with Gasteiger partial charge in [0.25, 0.3) is 0 Å². The van der Waals surface area contributed by atoms with E-state index in [9.17, 15) is 19.8 Å². The van der Waals surface area contributed by atoms with Gasteiger partial charge in [-0.05, 0) is 42.7 Å². The molecule has 0 radical (unpaired) electrons. The van der Waals surface area contributed by atoms with Gasteiger partial charge in [-0.1, -0.05) is 24.3 Å². The molecule has 3 rings (SSSR count). The minimum absolute atomic E-state index is 0.0208. The third-order valence-electron chi connectivity index (χ3n) is 5.89. The van der Waals surface area contributed by atoms with Crippen molar-refractivity contribution in [1.29, 1.82) is 0 Å². The number of ether oxygens (including phenoxy) is 1. The maximum Gasteiger partial charge on any atom is 0.341 e. The van der Waals surface area contributed by atoms with Crippen LogP contribution in [0.3, 0.4) is 0 Å². The molecule has 0 aliphatic heterocycles. The highest BCUT2D eigenvalue weighted by Crippen LogP contribution is 2.50. The Morgan fingerprint density at radius 2 is 2.00 bits per heavy atom. The number of hydrogen-bond donors (Lipinski definition) is 4. The lowest BCUT2D eigenvalue weighted by Crippen LogP contribution is -2.42. The molecule has 2 aliphatic carbocycles. The normalized spacial score (nSPS) is 28.7. The largest absolute Gasteiger partial charge is 0.482 e. The van der Waals surface area contributed by atoms with E-state index in [2.05, 4.69) is 0 Å². The molecule has 1 fully saturated rings. The van der Waals surface area contributed by atoms with Crippen LogP contribution < -0.4 is 4.74 Å². The van der Waals surface area contributed by atoms with Crippen LogP contribution >= 0.6 is 0 Å². The summed E-state index contributed by atoms with van der Waals surface area (Å²) in [6.45, 7) is -0.438. The number of benzene rings is 1. The fourth-order valence-electron chi connectivity index (χ4n) is 4.68. The Labute approximate surface area is 163 Å². The third kappa shape index (κ3) is 4.36. The Hall–Kier alpha value is -2.38. The van der Waals surface area contributed by atoms with Crippen molar-refractivity contribution < 1.29 is 34.8 Å². The first kappa shape index (κ1) is 20.4. The first-order valence-electron chi connectivity index (χ1n) is 9.53. The number of carboxylic acid groups (broad SMARTS) is 2. The van der Waals surface area contributed by atoms with E-state index in [4.69, 9.17) is 14.9 Å². The Balaban J connectivity index is 1.73. The quantitative estimate of drug-likeness (QED) is 0.499. The molecule has 0 bridgehead atoms. The van der Waals surface area contributed by atoms with Crippen molar-refractivity contribution in [3.8, 4) is 5.75 Å². The van der Waals surface area contributed by atoms with Crippen LogP contribution in [-0.4, -0.2) is 50.7 Å². The molecular weight excluding hydrogens is 364 g/mol. The molecule has 1 aromatic rings. The molecule has 28 heavy (non-hydrogen) atoms. The van der Waals surface area contributed by atoms with Crippen LogP contribution in [-0.2, 0) is 22.4 Å². The summed E-state index contributed by atoms with van der Waals surface area (Å²) >= 11 is 0. The van der Waals surface area contributed by atoms with Gasteiger partial charge in [0.2, 0.25) is 0 Å². The van der Waals surface area contributed by atoms with E-state index in [0.29, 0.717) is 31.4 Å². The number of carbonyl (C=O) groups is 2. The maximum absolute atomic E-state index is 11.2. The van der Waals surface area contributed by atoms with Crippen molar-refractivity contribution in [1.82, 2.24) is 0 Å². The van der Waals surface area contributed by atoms with Crippen LogP contribution in [0.4, 0.5) is 0 Å². The molecular formula is C21H26O7. The van der Waals surface area contributed by atoms with E-state index in [0.717, 1.165) is 11.1 Å². The molecule has 0 amide bonds. The lowest BCUT2D eigenvalue weighted by molar-refractivity contribution is -0.139. The van der Waals surface area contributed by atoms with Crippen molar-refractivity contribution in [2.75, 3.05) is 6.61 Å². The molecule has 152 valence electrons. The van der Waals surface area contributed by atoms with Gasteiger partial charge in [0, 0.05) is 18.4 Å². The van der Waals surface area contributed by atoms with Gasteiger partial charge in [0.05, 0.1) is 18.1 Å². The first-order valence-corrected chi connectivity index (χ1v) is 9.53. The average molecular weight is 390 g/mol. The minimum Gasteiger partial charge on any atom is -0.482 e. The monoisotopic (exact) mass is 390 g/mol. The van der Waals surface area contributed by atoms with E-state index >= 15 is 0 Å². The van der Waals surface area contributed by atoms with E-state index < -0.39 is 30.3 Å². The van der Waals surface area contributed by atoms with Crippen molar-refractivity contribution in [2.24, 2.45) is 11.8 Å². The van der Waals surface area contributed by atoms with Gasteiger partial charge < -0.3 is 25.2 Å². The van der Waals surface area contributed by atoms with Gasteiger partial charge in [-0.25, -0.2) is 4.79 Å². The molecule has 0 heterocycles. The van der Waals surface area contributed by atoms with E-state index in [1.165, 1.54) is 0 Å². The summed E-state index contributed by atoms with van der Waals surface area (Å²) in [7, 11) is 0. The number of aliphatic hydroxyl groups excluding tert-OH is 1. The molecule has 7 nitrogen and oxygen atoms in total. The zero-order valence-corrected chi connectivity index (χ0v) is 15.6. The summed E-state index contributed by atoms with van der Waals surface area (Å²) in [4.78, 5) is 21.4. The molecule has 1 aromatic carbocycles. The van der Waals surface area contributed by atoms with Crippen molar-refractivity contribution >= 4 is 11.9 Å². The topological polar surface area (TPSA) is 124 Å². The van der Waals surface area contributed by atoms with E-state index in [-0.39, 0.29) is 24.7 Å². The highest BCUT2D eigenvalue weighted by molar-refractivity contribution is 5.69. The Kier molecular flexibility index (Phi) is 6.05. The number of aliphatic hydroxyl groups is 2. The number of rotatable bonds is 8. The lowest BCUT2D eigenvalue weighted by Gasteiger charge is -2.38. The zero-order chi connectivity index (χ0) is 20.3. The lowest BCUT2D eigenvalue weighted by atomic mass is 9.71. The van der Waals surface area contributed by atoms with E-state index in [1.54, 1.807) is 12.1 Å². The SMILES string of the molecule is O=C(O)C/C=C/CC[C@H]1[C@H](O)C[C@]2(O)Cc3c(cccc3OCC(=O)O)C[C@H]12. The third-order valence-corrected chi connectivity index (χ3v) is 5.89. The van der Waals surface area contributed by atoms with Gasteiger partial charge in [0.1, 0.15) is 5.75 Å². The first-order chi connectivity index (χ1) is 13.3. The number of carboxylic acids is 2. The van der Waals surface area contributed by atoms with E-state index in [1.807, 2.05) is 18.2 Å². The minimum atomic E-state index is -1.06. The van der Waals surface area contributed by atoms with Crippen LogP contribution in [0.2, 0.25) is 0 Å². The predicted molar refractivity (Wildman–Crippen MR) is 100 cm³/mol. The molecule has 0 saturated heterocycles. The Morgan fingerprint density at radius 1 is 1.21 bits per heavy atom. The molecule has 1 saturated carbocycles. The smallest absolute Gasteiger partial charge is 0.341 e. The van der Waals surface area contributed by atoms with Crippen LogP contribution in [0.15, 0.2) is 30.4 Å². The summed E-state index contributed by atoms with van der Waals surface area (Å²) in [5.41, 5.74) is 0.777. The second-order valence-electron chi connectivity index (χ2n) is 7.75. The second kappa shape index (κ2) is 8.32. The van der Waals surface area contributed by atoms with Crippen molar-refractivity contribution in [3.63, 3.8) is 0 Å². The van der Waals surface area contributed by atoms with Gasteiger partial charge in [-0.15, -0.1) is 0 Å². The number of fused-ring (bicyclic) bond motifs is 2. The molecule has 4 N–H and O–H groups in total. The summed E-state index contributed by atoms with van der Waals surface area (Å²) in [5.74, 6) is -1.64. The van der Waals surface area contributed by atoms with Crippen LogP contribution in [0.25, 0.3) is 0 Å². The highest BCUT2D eigenvalue weighted by Gasteiger charge is 2.54. The number of allylic oxidation sites excluding steroid dienone is 1. The van der Waals surface area contributed by atoms with Gasteiger partial charge in [0.15, 0.2) is 6.61 Å². The molecule has 0 unspecified atom stereocenters. The summed E-state index contributed by atoms with van der Waals surface area (Å²) in [6.07, 6.45) is 5.29. The molecule has 7 heteroatoms. The summed E-state index contributed by atoms with van der Waals surface area (Å²) in [5, 5.41) is 39.3. The fourth-order valence-corrected chi connectivity index (χ4v) is 4.68. The van der Waals surface area contributed by atoms with Gasteiger partial charge in [-0.3, -0.25) is 4.79 Å². The van der Waals surface area contributed by atoms with Crippen molar-refractivity contribution in [2.45, 2.75) is 50.2 Å². The Bertz CT molecular complexity index is 772. The van der Waals surface area contributed by atoms with Crippen molar-refractivity contribution in [3.05, 3.63) is 41.5 Å². The predicted octanol–water partition coefficient (Wildman–Crippen LogP) is 1.79. The zero-order valence-electron chi connectivity index (χ0n) is 15.6. The van der Waals surface area contributed by atoms with Crippen LogP contribution in [0, 0.1) is 11.8 Å². The fraction of sp³-hybridized carbons (Fsp3) is 0.524. The van der Waals surface area contributed by atoms with Gasteiger partial charge in [-0.2, -0.15) is 0 Å². The Morgan fingerprint density at radius 3 is 2.71 bits per heavy atom. The molecule has 0 spiro atoms. The molecule has 2 aliphatic rings. The number of hydrogen-bond acceptors (Lipinski definition) is 5. The number of aliphatic carboxylic acids is 2. The highest BCUT2D eigenvalue weighted by atomic mass is 16.5. The van der Waals surface area contributed by atoms with Gasteiger partial charge >= 0.3 is 11.9 Å². The second-order valence-corrected chi connectivity index (χ2v) is 7.75.